The zero-order valence-corrected chi connectivity index (χ0v) is 21.0. The number of fused-ring (bicyclic) bond motifs is 1. The normalized spacial score (nSPS) is 13.1. The number of thiazole rings is 1. The Morgan fingerprint density at radius 1 is 1.06 bits per heavy atom. The van der Waals surface area contributed by atoms with Crippen molar-refractivity contribution in [2.24, 2.45) is 5.92 Å². The molecule has 0 aliphatic heterocycles. The Morgan fingerprint density at radius 3 is 2.56 bits per heavy atom. The van der Waals surface area contributed by atoms with Crippen LogP contribution in [-0.4, -0.2) is 38.2 Å². The molecule has 4 rings (SSSR count). The molecule has 7 nitrogen and oxygen atoms in total. The van der Waals surface area contributed by atoms with Gasteiger partial charge in [0.1, 0.15) is 16.3 Å². The van der Waals surface area contributed by atoms with Crippen LogP contribution in [0.25, 0.3) is 20.8 Å². The summed E-state index contributed by atoms with van der Waals surface area (Å²) in [5.41, 5.74) is 5.05. The summed E-state index contributed by atoms with van der Waals surface area (Å²) in [5, 5.41) is 17.4. The molecule has 0 amide bonds. The summed E-state index contributed by atoms with van der Waals surface area (Å²) in [6.45, 7) is 9.20. The third kappa shape index (κ3) is 5.51. The lowest BCUT2D eigenvalue weighted by Gasteiger charge is -2.18. The van der Waals surface area contributed by atoms with Crippen LogP contribution in [0.15, 0.2) is 42.7 Å². The number of benzene rings is 1. The van der Waals surface area contributed by atoms with Gasteiger partial charge in [0.15, 0.2) is 0 Å². The lowest BCUT2D eigenvalue weighted by molar-refractivity contribution is 0.217. The Labute approximate surface area is 204 Å². The number of hydrogen-bond donors (Lipinski definition) is 3. The maximum absolute atomic E-state index is 9.57. The lowest BCUT2D eigenvalue weighted by atomic mass is 10.0. The number of anilines is 2. The summed E-state index contributed by atoms with van der Waals surface area (Å²) in [7, 11) is 0. The van der Waals surface area contributed by atoms with E-state index in [1.54, 1.807) is 23.7 Å². The standard InChI is InChI=1S/C26H32N6OS/c1-5-19(15-33)10-13-28-24-23(25-31-21-14-27-12-11-22(21)34-25)18(4)30-26(32-24)29-17(3)20-8-6-16(2)7-9-20/h6-9,11-12,14,17,19,33H,5,10,13,15H2,1-4H3,(H2,28,29,30,32). The quantitative estimate of drug-likeness (QED) is 0.268. The van der Waals surface area contributed by atoms with Crippen LogP contribution in [0, 0.1) is 19.8 Å². The lowest BCUT2D eigenvalue weighted by Crippen LogP contribution is -2.15. The maximum atomic E-state index is 9.57. The molecule has 2 atom stereocenters. The van der Waals surface area contributed by atoms with Gasteiger partial charge in [0.05, 0.1) is 28.2 Å². The highest BCUT2D eigenvalue weighted by molar-refractivity contribution is 7.21. The molecule has 0 bridgehead atoms. The summed E-state index contributed by atoms with van der Waals surface area (Å²) < 4.78 is 1.08. The summed E-state index contributed by atoms with van der Waals surface area (Å²) in [5.74, 6) is 1.60. The van der Waals surface area contributed by atoms with E-state index in [1.165, 1.54) is 11.1 Å². The number of hydrogen-bond acceptors (Lipinski definition) is 8. The van der Waals surface area contributed by atoms with E-state index in [-0.39, 0.29) is 18.6 Å². The molecule has 0 aliphatic carbocycles. The van der Waals surface area contributed by atoms with Crippen molar-refractivity contribution >= 4 is 33.3 Å². The van der Waals surface area contributed by atoms with Gasteiger partial charge in [-0.05, 0) is 44.7 Å². The van der Waals surface area contributed by atoms with Crippen molar-refractivity contribution in [2.75, 3.05) is 23.8 Å². The van der Waals surface area contributed by atoms with Crippen LogP contribution in [0.1, 0.15) is 49.6 Å². The van der Waals surface area contributed by atoms with Crippen LogP contribution in [0.2, 0.25) is 0 Å². The second-order valence-electron chi connectivity index (χ2n) is 8.67. The molecular formula is C26H32N6OS. The second kappa shape index (κ2) is 10.9. The third-order valence-corrected chi connectivity index (χ3v) is 7.15. The molecule has 0 aliphatic rings. The third-order valence-electron chi connectivity index (χ3n) is 6.10. The van der Waals surface area contributed by atoms with E-state index >= 15 is 0 Å². The van der Waals surface area contributed by atoms with Crippen molar-refractivity contribution in [1.29, 1.82) is 0 Å². The fraction of sp³-hybridized carbons (Fsp3) is 0.385. The first-order valence-electron chi connectivity index (χ1n) is 11.8. The van der Waals surface area contributed by atoms with Crippen molar-refractivity contribution in [1.82, 2.24) is 19.9 Å². The average Bonchev–Trinajstić information content (AvgIpc) is 3.25. The molecule has 3 heterocycles. The minimum absolute atomic E-state index is 0.0612. The van der Waals surface area contributed by atoms with Gasteiger partial charge < -0.3 is 15.7 Å². The van der Waals surface area contributed by atoms with Gasteiger partial charge in [-0.3, -0.25) is 4.98 Å². The van der Waals surface area contributed by atoms with Gasteiger partial charge in [-0.1, -0.05) is 43.2 Å². The van der Waals surface area contributed by atoms with Gasteiger partial charge >= 0.3 is 0 Å². The van der Waals surface area contributed by atoms with E-state index in [0.29, 0.717) is 12.5 Å². The molecule has 3 aromatic heterocycles. The van der Waals surface area contributed by atoms with Gasteiger partial charge in [-0.15, -0.1) is 11.3 Å². The van der Waals surface area contributed by atoms with Gasteiger partial charge in [0.2, 0.25) is 5.95 Å². The first kappa shape index (κ1) is 24.0. The van der Waals surface area contributed by atoms with E-state index in [2.05, 4.69) is 60.7 Å². The minimum atomic E-state index is 0.0612. The Hall–Kier alpha value is -3.10. The SMILES string of the molecule is CCC(CO)CCNc1nc(NC(C)c2ccc(C)cc2)nc(C)c1-c1nc2cnccc2s1. The number of nitrogens with zero attached hydrogens (tertiary/aromatic N) is 4. The van der Waals surface area contributed by atoms with E-state index in [1.807, 2.05) is 13.0 Å². The van der Waals surface area contributed by atoms with Gasteiger partial charge in [-0.2, -0.15) is 4.98 Å². The number of aliphatic hydroxyl groups excluding tert-OH is 1. The monoisotopic (exact) mass is 476 g/mol. The molecule has 3 N–H and O–H groups in total. The molecule has 0 saturated carbocycles. The van der Waals surface area contributed by atoms with Crippen LogP contribution in [-0.2, 0) is 0 Å². The topological polar surface area (TPSA) is 95.8 Å². The van der Waals surface area contributed by atoms with Gasteiger partial charge in [-0.25, -0.2) is 9.97 Å². The molecule has 1 aromatic carbocycles. The summed E-state index contributed by atoms with van der Waals surface area (Å²) >= 11 is 1.61. The average molecular weight is 477 g/mol. The van der Waals surface area contributed by atoms with Crippen molar-refractivity contribution in [3.05, 3.63) is 59.5 Å². The fourth-order valence-corrected chi connectivity index (χ4v) is 4.89. The number of aliphatic hydroxyl groups is 1. The smallest absolute Gasteiger partial charge is 0.225 e. The number of pyridine rings is 1. The molecular weight excluding hydrogens is 444 g/mol. The molecule has 0 spiro atoms. The van der Waals surface area contributed by atoms with Crippen LogP contribution in [0.4, 0.5) is 11.8 Å². The van der Waals surface area contributed by atoms with Crippen molar-refractivity contribution in [2.45, 2.75) is 46.6 Å². The van der Waals surface area contributed by atoms with Crippen molar-refractivity contribution < 1.29 is 5.11 Å². The van der Waals surface area contributed by atoms with E-state index in [4.69, 9.17) is 15.0 Å². The van der Waals surface area contributed by atoms with Gasteiger partial charge in [0, 0.05) is 19.3 Å². The van der Waals surface area contributed by atoms with Crippen molar-refractivity contribution in [3.8, 4) is 10.6 Å². The molecule has 34 heavy (non-hydrogen) atoms. The Kier molecular flexibility index (Phi) is 7.70. The Balaban J connectivity index is 1.66. The van der Waals surface area contributed by atoms with E-state index in [9.17, 15) is 5.11 Å². The van der Waals surface area contributed by atoms with E-state index < -0.39 is 0 Å². The molecule has 0 fully saturated rings. The Bertz CT molecular complexity index is 1200. The van der Waals surface area contributed by atoms with E-state index in [0.717, 1.165) is 45.1 Å². The zero-order chi connectivity index (χ0) is 24.1. The predicted molar refractivity (Wildman–Crippen MR) is 140 cm³/mol. The second-order valence-corrected chi connectivity index (χ2v) is 9.70. The highest BCUT2D eigenvalue weighted by Crippen LogP contribution is 2.36. The van der Waals surface area contributed by atoms with Crippen LogP contribution in [0.3, 0.4) is 0 Å². The maximum Gasteiger partial charge on any atom is 0.225 e. The molecule has 0 radical (unpaired) electrons. The summed E-state index contributed by atoms with van der Waals surface area (Å²) in [6, 6.07) is 10.5. The molecule has 8 heteroatoms. The van der Waals surface area contributed by atoms with Crippen LogP contribution < -0.4 is 10.6 Å². The first-order chi connectivity index (χ1) is 16.5. The predicted octanol–water partition coefficient (Wildman–Crippen LogP) is 5.76. The van der Waals surface area contributed by atoms with Gasteiger partial charge in [0.25, 0.3) is 0 Å². The largest absolute Gasteiger partial charge is 0.396 e. The zero-order valence-electron chi connectivity index (χ0n) is 20.2. The van der Waals surface area contributed by atoms with Crippen LogP contribution in [0.5, 0.6) is 0 Å². The summed E-state index contributed by atoms with van der Waals surface area (Å²) in [4.78, 5) is 18.7. The number of aryl methyl sites for hydroxylation is 2. The molecule has 4 aromatic rings. The fourth-order valence-electron chi connectivity index (χ4n) is 3.86. The summed E-state index contributed by atoms with van der Waals surface area (Å²) in [6.07, 6.45) is 5.37. The van der Waals surface area contributed by atoms with Crippen LogP contribution >= 0.6 is 11.3 Å². The highest BCUT2D eigenvalue weighted by Gasteiger charge is 2.19. The number of rotatable bonds is 10. The minimum Gasteiger partial charge on any atom is -0.396 e. The van der Waals surface area contributed by atoms with Crippen molar-refractivity contribution in [3.63, 3.8) is 0 Å². The molecule has 0 saturated heterocycles. The highest BCUT2D eigenvalue weighted by atomic mass is 32.1. The first-order valence-corrected chi connectivity index (χ1v) is 12.6. The molecule has 178 valence electrons. The number of nitrogens with one attached hydrogen (secondary N) is 2. The number of aromatic nitrogens is 4. The Morgan fingerprint density at radius 2 is 1.85 bits per heavy atom. The molecule has 2 unspecified atom stereocenters.